The average molecular weight is 837 g/mol. The zero-order chi connectivity index (χ0) is 43.5. The van der Waals surface area contributed by atoms with E-state index in [0.717, 1.165) is 44.9 Å². The first-order valence-corrected chi connectivity index (χ1v) is 24.5. The maximum absolute atomic E-state index is 12.8. The Hall–Kier alpha value is -2.23. The third-order valence-corrected chi connectivity index (χ3v) is 10.7. The van der Waals surface area contributed by atoms with Crippen LogP contribution in [0.2, 0.25) is 0 Å². The van der Waals surface area contributed by atoms with Crippen molar-refractivity contribution in [1.82, 2.24) is 0 Å². The fraction of sp³-hybridized carbons (Fsp3) is 0.860. The van der Waals surface area contributed by atoms with Crippen LogP contribution in [0, 0.1) is 0 Å². The molecule has 0 aliphatic carbocycles. The van der Waals surface area contributed by atoms with Gasteiger partial charge >= 0.3 is 17.9 Å². The number of quaternary nitrogens is 1. The van der Waals surface area contributed by atoms with Gasteiger partial charge in [-0.05, 0) is 44.9 Å². The van der Waals surface area contributed by atoms with Crippen LogP contribution in [0.25, 0.3) is 0 Å². The molecule has 0 aromatic rings. The molecule has 59 heavy (non-hydrogen) atoms. The van der Waals surface area contributed by atoms with Crippen molar-refractivity contribution in [3.8, 4) is 0 Å². The molecule has 0 bridgehead atoms. The minimum Gasteiger partial charge on any atom is -0.477 e. The first kappa shape index (κ1) is 56.8. The van der Waals surface area contributed by atoms with Crippen molar-refractivity contribution >= 4 is 17.9 Å². The summed E-state index contributed by atoms with van der Waals surface area (Å²) in [7, 11) is 5.96. The molecule has 0 saturated heterocycles. The topological polar surface area (TPSA) is 108 Å². The van der Waals surface area contributed by atoms with E-state index in [2.05, 4.69) is 38.2 Å². The predicted molar refractivity (Wildman–Crippen MR) is 244 cm³/mol. The fourth-order valence-corrected chi connectivity index (χ4v) is 6.87. The molecule has 9 nitrogen and oxygen atoms in total. The van der Waals surface area contributed by atoms with Crippen molar-refractivity contribution < 1.29 is 42.9 Å². The molecular weight excluding hydrogens is 743 g/mol. The standard InChI is InChI=1S/C50H93NO8/c1-6-8-10-12-14-16-17-18-19-20-21-22-23-24-25-26-27-28-29-30-31-33-35-37-39-41-48(53)59-46(45-58-50(49(54)55)56-43-42-51(3,4)5)44-57-47(52)40-38-36-34-32-15-13-11-9-7-2/h17-18,20-21,46,50H,6-16,19,22-45H2,1-5H3/p+1/b18-17-,21-20-. The van der Waals surface area contributed by atoms with Crippen LogP contribution in [-0.4, -0.2) is 87.4 Å². The number of ether oxygens (including phenoxy) is 4. The van der Waals surface area contributed by atoms with Gasteiger partial charge in [-0.3, -0.25) is 9.59 Å². The maximum atomic E-state index is 12.8. The van der Waals surface area contributed by atoms with E-state index in [4.69, 9.17) is 18.9 Å². The van der Waals surface area contributed by atoms with Gasteiger partial charge in [-0.1, -0.05) is 186 Å². The molecule has 0 amide bonds. The van der Waals surface area contributed by atoms with E-state index in [0.29, 0.717) is 17.4 Å². The second-order valence-electron chi connectivity index (χ2n) is 17.8. The Kier molecular flexibility index (Phi) is 40.9. The molecule has 0 heterocycles. The second kappa shape index (κ2) is 42.5. The number of esters is 2. The zero-order valence-electron chi connectivity index (χ0n) is 39.2. The third-order valence-electron chi connectivity index (χ3n) is 10.7. The number of carboxylic acids is 1. The van der Waals surface area contributed by atoms with Gasteiger partial charge in [-0.15, -0.1) is 0 Å². The molecule has 2 unspecified atom stereocenters. The fourth-order valence-electron chi connectivity index (χ4n) is 6.87. The van der Waals surface area contributed by atoms with Crippen molar-refractivity contribution in [2.75, 3.05) is 47.5 Å². The molecule has 9 heteroatoms. The highest BCUT2D eigenvalue weighted by Gasteiger charge is 2.25. The van der Waals surface area contributed by atoms with Crippen LogP contribution < -0.4 is 0 Å². The molecule has 0 radical (unpaired) electrons. The first-order valence-electron chi connectivity index (χ1n) is 24.5. The number of rotatable bonds is 45. The van der Waals surface area contributed by atoms with E-state index in [1.807, 2.05) is 21.1 Å². The zero-order valence-corrected chi connectivity index (χ0v) is 39.2. The Morgan fingerprint density at radius 3 is 1.34 bits per heavy atom. The quantitative estimate of drug-likeness (QED) is 0.0212. The van der Waals surface area contributed by atoms with Gasteiger partial charge in [-0.2, -0.15) is 0 Å². The average Bonchev–Trinajstić information content (AvgIpc) is 3.19. The molecular formula is C50H94NO8+. The van der Waals surface area contributed by atoms with E-state index >= 15 is 0 Å². The van der Waals surface area contributed by atoms with Crippen molar-refractivity contribution in [3.63, 3.8) is 0 Å². The number of hydrogen-bond acceptors (Lipinski definition) is 7. The monoisotopic (exact) mass is 837 g/mol. The van der Waals surface area contributed by atoms with Crippen LogP contribution in [0.1, 0.15) is 219 Å². The Bertz CT molecular complexity index is 1020. The molecule has 0 aliphatic heterocycles. The van der Waals surface area contributed by atoms with Crippen LogP contribution in [0.3, 0.4) is 0 Å². The summed E-state index contributed by atoms with van der Waals surface area (Å²) in [5.74, 6) is -2.00. The number of carboxylic acid groups (broad SMARTS) is 1. The van der Waals surface area contributed by atoms with Crippen molar-refractivity contribution in [3.05, 3.63) is 24.3 Å². The number of carbonyl (C=O) groups is 3. The lowest BCUT2D eigenvalue weighted by Crippen LogP contribution is -2.40. The van der Waals surface area contributed by atoms with Crippen LogP contribution >= 0.6 is 0 Å². The van der Waals surface area contributed by atoms with Crippen molar-refractivity contribution in [2.24, 2.45) is 0 Å². The number of aliphatic carboxylic acids is 1. The van der Waals surface area contributed by atoms with Gasteiger partial charge in [0.2, 0.25) is 0 Å². The predicted octanol–water partition coefficient (Wildman–Crippen LogP) is 13.2. The van der Waals surface area contributed by atoms with Gasteiger partial charge in [-0.25, -0.2) is 4.79 Å². The molecule has 0 saturated carbocycles. The molecule has 0 aromatic heterocycles. The molecule has 0 rings (SSSR count). The van der Waals surface area contributed by atoms with E-state index in [-0.39, 0.29) is 32.2 Å². The van der Waals surface area contributed by atoms with Gasteiger partial charge in [0.05, 0.1) is 34.4 Å². The lowest BCUT2D eigenvalue weighted by Gasteiger charge is -2.25. The highest BCUT2D eigenvalue weighted by molar-refractivity contribution is 5.71. The number of likely N-dealkylation sites (N-methyl/N-ethyl adjacent to an activating group) is 1. The molecule has 2 atom stereocenters. The van der Waals surface area contributed by atoms with Crippen LogP contribution in [0.15, 0.2) is 24.3 Å². The van der Waals surface area contributed by atoms with E-state index in [1.54, 1.807) is 0 Å². The Labute approximate surface area is 363 Å². The normalized spacial score (nSPS) is 13.0. The van der Waals surface area contributed by atoms with Crippen LogP contribution in [0.4, 0.5) is 0 Å². The minimum absolute atomic E-state index is 0.178. The molecule has 0 fully saturated rings. The number of hydrogen-bond donors (Lipinski definition) is 1. The number of allylic oxidation sites excluding steroid dienone is 4. The third kappa shape index (κ3) is 43.7. The highest BCUT2D eigenvalue weighted by Crippen LogP contribution is 2.15. The summed E-state index contributed by atoms with van der Waals surface area (Å²) < 4.78 is 22.7. The summed E-state index contributed by atoms with van der Waals surface area (Å²) in [4.78, 5) is 37.1. The van der Waals surface area contributed by atoms with Crippen LogP contribution in [-0.2, 0) is 33.3 Å². The summed E-state index contributed by atoms with van der Waals surface area (Å²) in [5, 5.41) is 9.63. The molecule has 0 aliphatic rings. The SMILES string of the molecule is CCCCCCC/C=C\C/C=C\CCCCCCCCCCCCCCCC(=O)OC(COC(=O)CCCCCCCCCCC)COC(OCC[N+](C)(C)C)C(=O)O. The Morgan fingerprint density at radius 1 is 0.508 bits per heavy atom. The van der Waals surface area contributed by atoms with Gasteiger partial charge in [0.25, 0.3) is 6.29 Å². The summed E-state index contributed by atoms with van der Waals surface area (Å²) in [6.07, 6.45) is 44.0. The molecule has 0 aromatic carbocycles. The largest absolute Gasteiger partial charge is 0.477 e. The van der Waals surface area contributed by atoms with E-state index in [9.17, 15) is 19.5 Å². The Morgan fingerprint density at radius 2 is 0.915 bits per heavy atom. The van der Waals surface area contributed by atoms with Gasteiger partial charge in [0, 0.05) is 12.8 Å². The van der Waals surface area contributed by atoms with Crippen molar-refractivity contribution in [1.29, 1.82) is 0 Å². The Balaban J connectivity index is 4.20. The molecule has 0 spiro atoms. The summed E-state index contributed by atoms with van der Waals surface area (Å²) in [6.45, 7) is 4.85. The number of carbonyl (C=O) groups excluding carboxylic acids is 2. The lowest BCUT2D eigenvalue weighted by molar-refractivity contribution is -0.870. The van der Waals surface area contributed by atoms with E-state index < -0.39 is 24.3 Å². The van der Waals surface area contributed by atoms with Gasteiger partial charge < -0.3 is 28.5 Å². The summed E-state index contributed by atoms with van der Waals surface area (Å²) in [5.41, 5.74) is 0. The number of nitrogens with zero attached hydrogens (tertiary/aromatic N) is 1. The first-order chi connectivity index (χ1) is 28.6. The van der Waals surface area contributed by atoms with Gasteiger partial charge in [0.1, 0.15) is 13.2 Å². The van der Waals surface area contributed by atoms with Crippen molar-refractivity contribution in [2.45, 2.75) is 232 Å². The molecule has 346 valence electrons. The summed E-state index contributed by atoms with van der Waals surface area (Å²) >= 11 is 0. The summed E-state index contributed by atoms with van der Waals surface area (Å²) in [6, 6.07) is 0. The maximum Gasteiger partial charge on any atom is 0.361 e. The van der Waals surface area contributed by atoms with Gasteiger partial charge in [0.15, 0.2) is 6.10 Å². The van der Waals surface area contributed by atoms with E-state index in [1.165, 1.54) is 148 Å². The highest BCUT2D eigenvalue weighted by atomic mass is 16.7. The lowest BCUT2D eigenvalue weighted by atomic mass is 10.0. The molecule has 1 N–H and O–H groups in total. The number of unbranched alkanes of at least 4 members (excludes halogenated alkanes) is 26. The van der Waals surface area contributed by atoms with Crippen LogP contribution in [0.5, 0.6) is 0 Å². The minimum atomic E-state index is -1.50. The second-order valence-corrected chi connectivity index (χ2v) is 17.8. The smallest absolute Gasteiger partial charge is 0.361 e.